The number of nitrogens with two attached hydrogens (primary N) is 1. The summed E-state index contributed by atoms with van der Waals surface area (Å²) in [5, 5.41) is 3.10. The van der Waals surface area contributed by atoms with Crippen LogP contribution in [-0.4, -0.2) is 23.8 Å². The lowest BCUT2D eigenvalue weighted by atomic mass is 9.89. The summed E-state index contributed by atoms with van der Waals surface area (Å²) < 4.78 is 0. The second-order valence-electron chi connectivity index (χ2n) is 4.43. The largest absolute Gasteiger partial charge is 0.370 e. The molecular formula is C10H20N2O2. The van der Waals surface area contributed by atoms with Gasteiger partial charge in [-0.1, -0.05) is 13.8 Å². The van der Waals surface area contributed by atoms with Crippen LogP contribution in [0, 0.1) is 5.92 Å². The number of amides is 1. The van der Waals surface area contributed by atoms with Crippen LogP contribution in [0.2, 0.25) is 0 Å². The lowest BCUT2D eigenvalue weighted by molar-refractivity contribution is -0.121. The van der Waals surface area contributed by atoms with E-state index in [4.69, 9.17) is 5.73 Å². The maximum absolute atomic E-state index is 10.7. The number of carbonyl (C=O) groups is 2. The van der Waals surface area contributed by atoms with Crippen molar-refractivity contribution in [1.29, 1.82) is 0 Å². The molecule has 3 N–H and O–H groups in total. The normalized spacial score (nSPS) is 14.1. The lowest BCUT2D eigenvalue weighted by Crippen LogP contribution is -2.51. The summed E-state index contributed by atoms with van der Waals surface area (Å²) in [6.45, 7) is 8.10. The van der Waals surface area contributed by atoms with Gasteiger partial charge in [0.05, 0.1) is 6.04 Å². The van der Waals surface area contributed by atoms with Gasteiger partial charge in [-0.15, -0.1) is 0 Å². The van der Waals surface area contributed by atoms with Crippen LogP contribution in [0.25, 0.3) is 0 Å². The van der Waals surface area contributed by atoms with E-state index in [0.29, 0.717) is 5.92 Å². The second-order valence-corrected chi connectivity index (χ2v) is 4.43. The first-order valence-electron chi connectivity index (χ1n) is 4.81. The van der Waals surface area contributed by atoms with E-state index in [0.717, 1.165) is 6.29 Å². The molecule has 0 rings (SSSR count). The maximum Gasteiger partial charge on any atom is 0.219 e. The first-order valence-corrected chi connectivity index (χ1v) is 4.81. The molecule has 0 bridgehead atoms. The lowest BCUT2D eigenvalue weighted by Gasteiger charge is -2.33. The zero-order chi connectivity index (χ0) is 11.4. The Morgan fingerprint density at radius 3 is 2.29 bits per heavy atom. The van der Waals surface area contributed by atoms with Crippen LogP contribution in [0.5, 0.6) is 0 Å². The summed E-state index contributed by atoms with van der Waals surface area (Å²) in [6.07, 6.45) is 0.786. The van der Waals surface area contributed by atoms with E-state index < -0.39 is 11.9 Å². The molecule has 0 heterocycles. The smallest absolute Gasteiger partial charge is 0.219 e. The van der Waals surface area contributed by atoms with Crippen LogP contribution in [0.4, 0.5) is 0 Å². The molecule has 4 nitrogen and oxygen atoms in total. The summed E-state index contributed by atoms with van der Waals surface area (Å²) in [5.41, 5.74) is 4.85. The number of hydrogen-bond acceptors (Lipinski definition) is 3. The molecule has 0 saturated carbocycles. The second kappa shape index (κ2) is 5.10. The van der Waals surface area contributed by atoms with Crippen molar-refractivity contribution in [2.24, 2.45) is 11.7 Å². The molecule has 0 aliphatic rings. The van der Waals surface area contributed by atoms with Crippen molar-refractivity contribution < 1.29 is 9.59 Å². The van der Waals surface area contributed by atoms with Crippen molar-refractivity contribution in [2.45, 2.75) is 45.7 Å². The highest BCUT2D eigenvalue weighted by Gasteiger charge is 2.25. The predicted octanol–water partition coefficient (Wildman–Crippen LogP) is 0.454. The Hall–Kier alpha value is -0.900. The Morgan fingerprint density at radius 1 is 1.50 bits per heavy atom. The maximum atomic E-state index is 10.7. The number of carbonyl (C=O) groups excluding carboxylic acids is 2. The standard InChI is InChI=1S/C10H20N2O2/c1-7(2)10(3,4)12-8(6-13)5-9(11)14/h6-8,12H,5H2,1-4H3,(H2,11,14)/t8-/m1/s1. The van der Waals surface area contributed by atoms with Gasteiger partial charge in [0.25, 0.3) is 0 Å². The van der Waals surface area contributed by atoms with Crippen molar-refractivity contribution in [3.63, 3.8) is 0 Å². The van der Waals surface area contributed by atoms with Gasteiger partial charge in [-0.25, -0.2) is 0 Å². The number of rotatable bonds is 6. The molecule has 4 heteroatoms. The zero-order valence-electron chi connectivity index (χ0n) is 9.33. The van der Waals surface area contributed by atoms with E-state index in [1.165, 1.54) is 0 Å². The SMILES string of the molecule is CC(C)C(C)(C)N[C@@H](C=O)CC(N)=O. The van der Waals surface area contributed by atoms with E-state index in [1.54, 1.807) is 0 Å². The quantitative estimate of drug-likeness (QED) is 0.612. The monoisotopic (exact) mass is 200 g/mol. The van der Waals surface area contributed by atoms with Crippen LogP contribution in [0.3, 0.4) is 0 Å². The van der Waals surface area contributed by atoms with Crippen LogP contribution in [0.1, 0.15) is 34.1 Å². The third-order valence-corrected chi connectivity index (χ3v) is 2.59. The highest BCUT2D eigenvalue weighted by molar-refractivity contribution is 5.78. The minimum atomic E-state index is -0.482. The van der Waals surface area contributed by atoms with Gasteiger partial charge in [0, 0.05) is 12.0 Å². The minimum Gasteiger partial charge on any atom is -0.370 e. The van der Waals surface area contributed by atoms with Gasteiger partial charge >= 0.3 is 0 Å². The van der Waals surface area contributed by atoms with Gasteiger partial charge in [-0.3, -0.25) is 4.79 Å². The van der Waals surface area contributed by atoms with E-state index >= 15 is 0 Å². The molecule has 1 amide bonds. The molecule has 82 valence electrons. The van der Waals surface area contributed by atoms with Crippen LogP contribution in [-0.2, 0) is 9.59 Å². The predicted molar refractivity (Wildman–Crippen MR) is 55.7 cm³/mol. The molecule has 0 aliphatic carbocycles. The van der Waals surface area contributed by atoms with E-state index in [-0.39, 0.29) is 12.0 Å². The third-order valence-electron chi connectivity index (χ3n) is 2.59. The summed E-state index contributed by atoms with van der Waals surface area (Å²) in [7, 11) is 0. The Morgan fingerprint density at radius 2 is 2.00 bits per heavy atom. The van der Waals surface area contributed by atoms with Crippen molar-refractivity contribution in [3.8, 4) is 0 Å². The van der Waals surface area contributed by atoms with Crippen LogP contribution >= 0.6 is 0 Å². The molecule has 0 aromatic heterocycles. The van der Waals surface area contributed by atoms with Crippen LogP contribution in [0.15, 0.2) is 0 Å². The van der Waals surface area contributed by atoms with Gasteiger partial charge in [-0.2, -0.15) is 0 Å². The summed E-state index contributed by atoms with van der Waals surface area (Å²) in [5.74, 6) is -0.0908. The fraction of sp³-hybridized carbons (Fsp3) is 0.800. The molecule has 0 aromatic rings. The van der Waals surface area contributed by atoms with Crippen LogP contribution < -0.4 is 11.1 Å². The first-order chi connectivity index (χ1) is 6.29. The highest BCUT2D eigenvalue weighted by atomic mass is 16.1. The molecule has 0 unspecified atom stereocenters. The molecular weight excluding hydrogens is 180 g/mol. The molecule has 0 aliphatic heterocycles. The van der Waals surface area contributed by atoms with Crippen molar-refractivity contribution in [2.75, 3.05) is 0 Å². The Balaban J connectivity index is 4.30. The number of nitrogens with one attached hydrogen (secondary N) is 1. The summed E-state index contributed by atoms with van der Waals surface area (Å²) in [4.78, 5) is 21.3. The number of aldehydes is 1. The summed E-state index contributed by atoms with van der Waals surface area (Å²) >= 11 is 0. The van der Waals surface area contributed by atoms with Gasteiger partial charge in [-0.05, 0) is 19.8 Å². The third kappa shape index (κ3) is 4.37. The van der Waals surface area contributed by atoms with Gasteiger partial charge in [0.2, 0.25) is 5.91 Å². The Bertz CT molecular complexity index is 212. The molecule has 0 spiro atoms. The number of hydrogen-bond donors (Lipinski definition) is 2. The zero-order valence-corrected chi connectivity index (χ0v) is 9.33. The van der Waals surface area contributed by atoms with Gasteiger partial charge in [0.1, 0.15) is 6.29 Å². The topological polar surface area (TPSA) is 72.2 Å². The van der Waals surface area contributed by atoms with Gasteiger partial charge < -0.3 is 15.8 Å². The van der Waals surface area contributed by atoms with Crippen molar-refractivity contribution >= 4 is 12.2 Å². The first kappa shape index (κ1) is 13.1. The molecule has 0 radical (unpaired) electrons. The fourth-order valence-corrected chi connectivity index (χ4v) is 0.994. The minimum absolute atomic E-state index is 0.0552. The molecule has 14 heavy (non-hydrogen) atoms. The number of primary amides is 1. The molecule has 0 saturated heterocycles. The summed E-state index contributed by atoms with van der Waals surface area (Å²) in [6, 6.07) is -0.482. The Kier molecular flexibility index (Phi) is 4.77. The van der Waals surface area contributed by atoms with Crippen molar-refractivity contribution in [3.05, 3.63) is 0 Å². The van der Waals surface area contributed by atoms with Gasteiger partial charge in [0.15, 0.2) is 0 Å². The molecule has 0 fully saturated rings. The van der Waals surface area contributed by atoms with E-state index in [9.17, 15) is 9.59 Å². The average molecular weight is 200 g/mol. The fourth-order valence-electron chi connectivity index (χ4n) is 0.994. The van der Waals surface area contributed by atoms with E-state index in [2.05, 4.69) is 19.2 Å². The molecule has 1 atom stereocenters. The molecule has 0 aromatic carbocycles. The average Bonchev–Trinajstić information content (AvgIpc) is 2.01. The van der Waals surface area contributed by atoms with E-state index in [1.807, 2.05) is 13.8 Å². The van der Waals surface area contributed by atoms with Crippen molar-refractivity contribution in [1.82, 2.24) is 5.32 Å². The Labute approximate surface area is 85.2 Å². The highest BCUT2D eigenvalue weighted by Crippen LogP contribution is 2.16.